The summed E-state index contributed by atoms with van der Waals surface area (Å²) in [6, 6.07) is 0. The predicted octanol–water partition coefficient (Wildman–Crippen LogP) is 0.487. The molecule has 0 spiro atoms. The fourth-order valence-electron chi connectivity index (χ4n) is 1.71. The molecule has 2 atom stereocenters. The van der Waals surface area contributed by atoms with Gasteiger partial charge < -0.3 is 14.7 Å². The Morgan fingerprint density at radius 2 is 2.13 bits per heavy atom. The van der Waals surface area contributed by atoms with Crippen molar-refractivity contribution in [3.8, 4) is 0 Å². The number of aliphatic carboxylic acids is 1. The first-order chi connectivity index (χ1) is 7.04. The standard InChI is InChI=1S/C10H17NO4/c1-3-7-4-5-8(15-7)10(14)11(2)6-9(12)13/h7-8H,3-6H2,1-2H3,(H,12,13). The average Bonchev–Trinajstić information content (AvgIpc) is 2.63. The quantitative estimate of drug-likeness (QED) is 0.741. The summed E-state index contributed by atoms with van der Waals surface area (Å²) >= 11 is 0. The fraction of sp³-hybridized carbons (Fsp3) is 0.800. The highest BCUT2D eigenvalue weighted by Crippen LogP contribution is 2.22. The van der Waals surface area contributed by atoms with Crippen molar-refractivity contribution < 1.29 is 19.4 Å². The number of carboxylic acids is 1. The van der Waals surface area contributed by atoms with Crippen LogP contribution in [-0.2, 0) is 14.3 Å². The Bertz CT molecular complexity index is 254. The SMILES string of the molecule is CCC1CCC(C(=O)N(C)CC(=O)O)O1. The summed E-state index contributed by atoms with van der Waals surface area (Å²) in [5.41, 5.74) is 0. The molecule has 5 nitrogen and oxygen atoms in total. The molecule has 1 amide bonds. The molecular formula is C10H17NO4. The highest BCUT2D eigenvalue weighted by Gasteiger charge is 2.31. The van der Waals surface area contributed by atoms with Gasteiger partial charge >= 0.3 is 5.97 Å². The van der Waals surface area contributed by atoms with Crippen molar-refractivity contribution in [2.75, 3.05) is 13.6 Å². The van der Waals surface area contributed by atoms with Crippen LogP contribution in [0.25, 0.3) is 0 Å². The third kappa shape index (κ3) is 3.20. The van der Waals surface area contributed by atoms with Gasteiger partial charge in [0.15, 0.2) is 0 Å². The molecule has 0 aromatic heterocycles. The van der Waals surface area contributed by atoms with E-state index in [1.165, 1.54) is 11.9 Å². The molecule has 1 aliphatic heterocycles. The van der Waals surface area contributed by atoms with Crippen LogP contribution in [0.4, 0.5) is 0 Å². The Morgan fingerprint density at radius 3 is 2.60 bits per heavy atom. The van der Waals surface area contributed by atoms with Gasteiger partial charge in [-0.15, -0.1) is 0 Å². The van der Waals surface area contributed by atoms with Crippen LogP contribution in [0.5, 0.6) is 0 Å². The van der Waals surface area contributed by atoms with E-state index in [0.29, 0.717) is 6.42 Å². The lowest BCUT2D eigenvalue weighted by Crippen LogP contribution is -2.39. The lowest BCUT2D eigenvalue weighted by atomic mass is 10.1. The molecule has 1 saturated heterocycles. The zero-order valence-corrected chi connectivity index (χ0v) is 9.10. The maximum atomic E-state index is 11.7. The number of rotatable bonds is 4. The summed E-state index contributed by atoms with van der Waals surface area (Å²) in [5.74, 6) is -1.23. The Balaban J connectivity index is 2.44. The van der Waals surface area contributed by atoms with Gasteiger partial charge in [0.25, 0.3) is 5.91 Å². The minimum absolute atomic E-state index is 0.150. The normalized spacial score (nSPS) is 25.2. The topological polar surface area (TPSA) is 66.8 Å². The maximum absolute atomic E-state index is 11.7. The molecule has 1 N–H and O–H groups in total. The van der Waals surface area contributed by atoms with Gasteiger partial charge in [-0.2, -0.15) is 0 Å². The van der Waals surface area contributed by atoms with Gasteiger partial charge in [0.2, 0.25) is 0 Å². The Hall–Kier alpha value is -1.10. The van der Waals surface area contributed by atoms with Crippen molar-refractivity contribution in [1.82, 2.24) is 4.90 Å². The molecule has 0 aromatic rings. The van der Waals surface area contributed by atoms with E-state index in [4.69, 9.17) is 9.84 Å². The van der Waals surface area contributed by atoms with E-state index in [0.717, 1.165) is 12.8 Å². The molecule has 0 bridgehead atoms. The summed E-state index contributed by atoms with van der Waals surface area (Å²) in [5, 5.41) is 8.54. The van der Waals surface area contributed by atoms with E-state index >= 15 is 0 Å². The van der Waals surface area contributed by atoms with Crippen LogP contribution in [0.15, 0.2) is 0 Å². The van der Waals surface area contributed by atoms with E-state index in [-0.39, 0.29) is 18.6 Å². The smallest absolute Gasteiger partial charge is 0.323 e. The average molecular weight is 215 g/mol. The third-order valence-corrected chi connectivity index (χ3v) is 2.59. The van der Waals surface area contributed by atoms with E-state index in [1.54, 1.807) is 0 Å². The lowest BCUT2D eigenvalue weighted by molar-refractivity contribution is -0.148. The highest BCUT2D eigenvalue weighted by atomic mass is 16.5. The van der Waals surface area contributed by atoms with Gasteiger partial charge in [-0.25, -0.2) is 0 Å². The zero-order chi connectivity index (χ0) is 11.4. The van der Waals surface area contributed by atoms with Crippen LogP contribution in [0.2, 0.25) is 0 Å². The maximum Gasteiger partial charge on any atom is 0.323 e. The molecule has 1 aliphatic rings. The Labute approximate surface area is 89.0 Å². The van der Waals surface area contributed by atoms with E-state index in [9.17, 15) is 9.59 Å². The molecule has 15 heavy (non-hydrogen) atoms. The van der Waals surface area contributed by atoms with Crippen molar-refractivity contribution in [3.63, 3.8) is 0 Å². The minimum Gasteiger partial charge on any atom is -0.480 e. The zero-order valence-electron chi connectivity index (χ0n) is 9.10. The highest BCUT2D eigenvalue weighted by molar-refractivity contribution is 5.84. The van der Waals surface area contributed by atoms with Gasteiger partial charge in [0.05, 0.1) is 6.10 Å². The summed E-state index contributed by atoms with van der Waals surface area (Å²) in [4.78, 5) is 23.3. The minimum atomic E-state index is -1.00. The molecule has 5 heteroatoms. The van der Waals surface area contributed by atoms with Crippen molar-refractivity contribution in [2.45, 2.75) is 38.4 Å². The number of nitrogens with zero attached hydrogens (tertiary/aromatic N) is 1. The molecular weight excluding hydrogens is 198 g/mol. The first kappa shape index (κ1) is 12.0. The van der Waals surface area contributed by atoms with Crippen LogP contribution >= 0.6 is 0 Å². The Kier molecular flexibility index (Phi) is 4.08. The van der Waals surface area contributed by atoms with Crippen molar-refractivity contribution in [2.24, 2.45) is 0 Å². The molecule has 1 rings (SSSR count). The van der Waals surface area contributed by atoms with E-state index in [2.05, 4.69) is 0 Å². The second-order valence-corrected chi connectivity index (χ2v) is 3.82. The monoisotopic (exact) mass is 215 g/mol. The van der Waals surface area contributed by atoms with Gasteiger partial charge in [0.1, 0.15) is 12.6 Å². The number of hydrogen-bond acceptors (Lipinski definition) is 3. The summed E-state index contributed by atoms with van der Waals surface area (Å²) < 4.78 is 5.49. The number of carbonyl (C=O) groups is 2. The number of carbonyl (C=O) groups excluding carboxylic acids is 1. The molecule has 1 fully saturated rings. The van der Waals surface area contributed by atoms with Gasteiger partial charge in [0, 0.05) is 7.05 Å². The van der Waals surface area contributed by atoms with Crippen LogP contribution in [0.1, 0.15) is 26.2 Å². The molecule has 0 aliphatic carbocycles. The van der Waals surface area contributed by atoms with Gasteiger partial charge in [-0.1, -0.05) is 6.92 Å². The number of ether oxygens (including phenoxy) is 1. The lowest BCUT2D eigenvalue weighted by Gasteiger charge is -2.19. The molecule has 86 valence electrons. The first-order valence-corrected chi connectivity index (χ1v) is 5.16. The van der Waals surface area contributed by atoms with Crippen molar-refractivity contribution in [1.29, 1.82) is 0 Å². The number of carboxylic acid groups (broad SMARTS) is 1. The van der Waals surface area contributed by atoms with E-state index < -0.39 is 12.1 Å². The first-order valence-electron chi connectivity index (χ1n) is 5.16. The second-order valence-electron chi connectivity index (χ2n) is 3.82. The van der Waals surface area contributed by atoms with Crippen LogP contribution in [-0.4, -0.2) is 47.7 Å². The number of amides is 1. The van der Waals surface area contributed by atoms with Crippen molar-refractivity contribution in [3.05, 3.63) is 0 Å². The Morgan fingerprint density at radius 1 is 1.47 bits per heavy atom. The summed E-state index contributed by atoms with van der Waals surface area (Å²) in [6.07, 6.45) is 2.18. The van der Waals surface area contributed by atoms with E-state index in [1.807, 2.05) is 6.92 Å². The number of likely N-dealkylation sites (N-methyl/N-ethyl adjacent to an activating group) is 1. The molecule has 0 aromatic carbocycles. The van der Waals surface area contributed by atoms with Gasteiger partial charge in [-0.05, 0) is 19.3 Å². The molecule has 0 radical (unpaired) electrons. The molecule has 0 saturated carbocycles. The van der Waals surface area contributed by atoms with Crippen LogP contribution < -0.4 is 0 Å². The van der Waals surface area contributed by atoms with Crippen LogP contribution in [0.3, 0.4) is 0 Å². The fourth-order valence-corrected chi connectivity index (χ4v) is 1.71. The second kappa shape index (κ2) is 5.11. The molecule has 1 heterocycles. The summed E-state index contributed by atoms with van der Waals surface area (Å²) in [7, 11) is 1.49. The predicted molar refractivity (Wildman–Crippen MR) is 53.5 cm³/mol. The largest absolute Gasteiger partial charge is 0.480 e. The third-order valence-electron chi connectivity index (χ3n) is 2.59. The van der Waals surface area contributed by atoms with Crippen molar-refractivity contribution >= 4 is 11.9 Å². The number of hydrogen-bond donors (Lipinski definition) is 1. The van der Waals surface area contributed by atoms with Gasteiger partial charge in [-0.3, -0.25) is 9.59 Å². The van der Waals surface area contributed by atoms with Crippen LogP contribution in [0, 0.1) is 0 Å². The summed E-state index contributed by atoms with van der Waals surface area (Å²) in [6.45, 7) is 1.74. The molecule has 2 unspecified atom stereocenters.